The van der Waals surface area contributed by atoms with Crippen molar-refractivity contribution in [2.45, 2.75) is 63.6 Å². The Labute approximate surface area is 181 Å². The summed E-state index contributed by atoms with van der Waals surface area (Å²) in [6.45, 7) is 0.837. The van der Waals surface area contributed by atoms with Gasteiger partial charge in [0.25, 0.3) is 0 Å². The van der Waals surface area contributed by atoms with Gasteiger partial charge in [-0.15, -0.1) is 0 Å². The van der Waals surface area contributed by atoms with Gasteiger partial charge in [-0.05, 0) is 50.9 Å². The fourth-order valence-electron chi connectivity index (χ4n) is 3.94. The van der Waals surface area contributed by atoms with Gasteiger partial charge in [-0.25, -0.2) is 9.97 Å². The predicted molar refractivity (Wildman–Crippen MR) is 119 cm³/mol. The van der Waals surface area contributed by atoms with Gasteiger partial charge in [-0.2, -0.15) is 5.10 Å². The summed E-state index contributed by atoms with van der Waals surface area (Å²) < 4.78 is 0. The molecule has 0 saturated heterocycles. The summed E-state index contributed by atoms with van der Waals surface area (Å²) in [5, 5.41) is 22.1. The van der Waals surface area contributed by atoms with E-state index in [1.807, 2.05) is 12.4 Å². The number of aromatic nitrogens is 4. The molecule has 0 atom stereocenters. The first-order valence-corrected chi connectivity index (χ1v) is 11.0. The van der Waals surface area contributed by atoms with E-state index in [9.17, 15) is 0 Å². The Kier molecular flexibility index (Phi) is 6.64. The summed E-state index contributed by atoms with van der Waals surface area (Å²) in [6, 6.07) is 0.830. The number of aromatic amines is 1. The Balaban J connectivity index is 1.35. The van der Waals surface area contributed by atoms with E-state index in [1.165, 1.54) is 24.6 Å². The highest BCUT2D eigenvalue weighted by atomic mass is 35.5. The lowest BCUT2D eigenvalue weighted by Crippen LogP contribution is -2.36. The van der Waals surface area contributed by atoms with Gasteiger partial charge in [0, 0.05) is 47.9 Å². The number of rotatable bonds is 9. The molecule has 2 heterocycles. The first kappa shape index (κ1) is 20.8. The standard InChI is InChI=1S/C21H29ClN8/c22-18-12-26-21(30-20(18)17(8-23)19(24)7-13-1-2-13)29-16-5-3-15(4-6-16)25-9-14-10-27-28-11-14/h8,10-13,15-16,23,25H,1-7,9,24H2,(H,27,28)(H,26,29,30)/b19-17+,23-8?/t15-,16-. The second-order valence-corrected chi connectivity index (χ2v) is 8.71. The monoisotopic (exact) mass is 428 g/mol. The van der Waals surface area contributed by atoms with Gasteiger partial charge in [-0.3, -0.25) is 5.10 Å². The highest BCUT2D eigenvalue weighted by molar-refractivity contribution is 6.33. The molecule has 2 aromatic heterocycles. The van der Waals surface area contributed by atoms with Crippen LogP contribution in [-0.4, -0.2) is 38.5 Å². The van der Waals surface area contributed by atoms with Gasteiger partial charge in [0.05, 0.1) is 23.1 Å². The maximum atomic E-state index is 7.81. The van der Waals surface area contributed by atoms with E-state index in [1.54, 1.807) is 6.20 Å². The number of nitrogens with zero attached hydrogens (tertiary/aromatic N) is 3. The molecule has 0 spiro atoms. The Hall–Kier alpha value is -2.45. The van der Waals surface area contributed by atoms with E-state index in [0.717, 1.165) is 38.6 Å². The average molecular weight is 429 g/mol. The third-order valence-corrected chi connectivity index (χ3v) is 6.18. The molecule has 0 amide bonds. The Bertz CT molecular complexity index is 882. The van der Waals surface area contributed by atoms with Crippen LogP contribution >= 0.6 is 11.6 Å². The second-order valence-electron chi connectivity index (χ2n) is 8.30. The van der Waals surface area contributed by atoms with E-state index >= 15 is 0 Å². The smallest absolute Gasteiger partial charge is 0.223 e. The highest BCUT2D eigenvalue weighted by Gasteiger charge is 2.25. The van der Waals surface area contributed by atoms with Crippen molar-refractivity contribution in [2.24, 2.45) is 11.7 Å². The molecule has 0 unspecified atom stereocenters. The summed E-state index contributed by atoms with van der Waals surface area (Å²) in [5.74, 6) is 1.18. The molecular formula is C21H29ClN8. The number of allylic oxidation sites excluding steroid dienone is 2. The topological polar surface area (TPSA) is 128 Å². The van der Waals surface area contributed by atoms with Crippen LogP contribution in [0, 0.1) is 11.3 Å². The van der Waals surface area contributed by atoms with Crippen molar-refractivity contribution in [2.75, 3.05) is 5.32 Å². The van der Waals surface area contributed by atoms with Crippen LogP contribution in [0.25, 0.3) is 5.57 Å². The summed E-state index contributed by atoms with van der Waals surface area (Å²) in [7, 11) is 0. The molecule has 2 fully saturated rings. The molecule has 2 aliphatic carbocycles. The highest BCUT2D eigenvalue weighted by Crippen LogP contribution is 2.36. The summed E-state index contributed by atoms with van der Waals surface area (Å²) in [6.07, 6.45) is 14.1. The van der Waals surface area contributed by atoms with E-state index in [4.69, 9.17) is 22.7 Å². The molecule has 2 saturated carbocycles. The minimum absolute atomic E-state index is 0.322. The molecule has 4 rings (SSSR count). The minimum Gasteiger partial charge on any atom is -0.401 e. The van der Waals surface area contributed by atoms with Crippen molar-refractivity contribution in [3.05, 3.63) is 40.6 Å². The zero-order valence-electron chi connectivity index (χ0n) is 17.0. The molecular weight excluding hydrogens is 400 g/mol. The molecule has 0 radical (unpaired) electrons. The van der Waals surface area contributed by atoms with Crippen molar-refractivity contribution in [1.82, 2.24) is 25.5 Å². The van der Waals surface area contributed by atoms with Crippen LogP contribution in [0.1, 0.15) is 56.2 Å². The maximum absolute atomic E-state index is 7.81. The SMILES string of the molecule is N=C/C(=C(\N)CC1CC1)c1nc(N[C@H]2CC[C@H](NCc3cn[nH]c3)CC2)ncc1Cl. The normalized spacial score (nSPS) is 22.4. The lowest BCUT2D eigenvalue weighted by Gasteiger charge is -2.29. The van der Waals surface area contributed by atoms with Gasteiger partial charge in [-0.1, -0.05) is 11.6 Å². The molecule has 6 N–H and O–H groups in total. The van der Waals surface area contributed by atoms with Crippen molar-refractivity contribution in [3.8, 4) is 0 Å². The summed E-state index contributed by atoms with van der Waals surface area (Å²) >= 11 is 6.34. The van der Waals surface area contributed by atoms with Crippen LogP contribution in [0.3, 0.4) is 0 Å². The maximum Gasteiger partial charge on any atom is 0.223 e. The molecule has 2 aromatic rings. The molecule has 0 aromatic carbocycles. The first-order valence-electron chi connectivity index (χ1n) is 10.6. The summed E-state index contributed by atoms with van der Waals surface area (Å²) in [5.41, 5.74) is 9.26. The molecule has 0 aliphatic heterocycles. The van der Waals surface area contributed by atoms with Crippen LogP contribution in [0.2, 0.25) is 5.02 Å². The van der Waals surface area contributed by atoms with Gasteiger partial charge >= 0.3 is 0 Å². The second kappa shape index (κ2) is 9.57. The van der Waals surface area contributed by atoms with Crippen LogP contribution in [-0.2, 0) is 6.54 Å². The largest absolute Gasteiger partial charge is 0.401 e. The number of hydrogen-bond donors (Lipinski definition) is 5. The fourth-order valence-corrected chi connectivity index (χ4v) is 4.14. The van der Waals surface area contributed by atoms with Crippen LogP contribution < -0.4 is 16.4 Å². The third-order valence-electron chi connectivity index (χ3n) is 5.91. The molecule has 2 aliphatic rings. The van der Waals surface area contributed by atoms with E-state index in [2.05, 4.69) is 30.8 Å². The van der Waals surface area contributed by atoms with Gasteiger partial charge in [0.15, 0.2) is 0 Å². The van der Waals surface area contributed by atoms with Crippen molar-refractivity contribution in [3.63, 3.8) is 0 Å². The van der Waals surface area contributed by atoms with E-state index < -0.39 is 0 Å². The fraction of sp³-hybridized carbons (Fsp3) is 0.524. The van der Waals surface area contributed by atoms with Crippen molar-refractivity contribution < 1.29 is 0 Å². The van der Waals surface area contributed by atoms with Crippen LogP contribution in [0.5, 0.6) is 0 Å². The number of anilines is 1. The number of H-pyrrole nitrogens is 1. The Morgan fingerprint density at radius 3 is 2.63 bits per heavy atom. The Morgan fingerprint density at radius 2 is 1.97 bits per heavy atom. The molecule has 9 heteroatoms. The minimum atomic E-state index is 0.322. The lowest BCUT2D eigenvalue weighted by molar-refractivity contribution is 0.352. The van der Waals surface area contributed by atoms with E-state index in [0.29, 0.717) is 45.9 Å². The lowest BCUT2D eigenvalue weighted by atomic mass is 9.91. The van der Waals surface area contributed by atoms with Gasteiger partial charge < -0.3 is 21.8 Å². The third kappa shape index (κ3) is 5.37. The van der Waals surface area contributed by atoms with E-state index in [-0.39, 0.29) is 0 Å². The van der Waals surface area contributed by atoms with Crippen LogP contribution in [0.4, 0.5) is 5.95 Å². The molecule has 30 heavy (non-hydrogen) atoms. The number of hydrogen-bond acceptors (Lipinski definition) is 7. The van der Waals surface area contributed by atoms with Crippen molar-refractivity contribution in [1.29, 1.82) is 5.41 Å². The molecule has 0 bridgehead atoms. The zero-order valence-corrected chi connectivity index (χ0v) is 17.8. The van der Waals surface area contributed by atoms with Gasteiger partial charge in [0.1, 0.15) is 0 Å². The van der Waals surface area contributed by atoms with Crippen LogP contribution in [0.15, 0.2) is 24.3 Å². The number of nitrogens with one attached hydrogen (secondary N) is 4. The quantitative estimate of drug-likeness (QED) is 0.389. The number of nitrogens with two attached hydrogens (primary N) is 1. The first-order chi connectivity index (χ1) is 14.6. The molecule has 8 nitrogen and oxygen atoms in total. The zero-order chi connectivity index (χ0) is 20.9. The van der Waals surface area contributed by atoms with Gasteiger partial charge in [0.2, 0.25) is 5.95 Å². The average Bonchev–Trinajstić information content (AvgIpc) is 3.40. The Morgan fingerprint density at radius 1 is 1.20 bits per heavy atom. The predicted octanol–water partition coefficient (Wildman–Crippen LogP) is 3.49. The molecule has 160 valence electrons. The number of halogens is 1. The summed E-state index contributed by atoms with van der Waals surface area (Å²) in [4.78, 5) is 8.96. The van der Waals surface area contributed by atoms with Crippen molar-refractivity contribution >= 4 is 29.3 Å².